The maximum atomic E-state index is 13.2. The lowest BCUT2D eigenvalue weighted by molar-refractivity contribution is -0.119. The Kier molecular flexibility index (Phi) is 5.53. The molecule has 19 heavy (non-hydrogen) atoms. The smallest absolute Gasteiger partial charge is 0.223 e. The molecule has 1 rings (SSSR count). The lowest BCUT2D eigenvalue weighted by Gasteiger charge is -2.19. The van der Waals surface area contributed by atoms with E-state index < -0.39 is 18.2 Å². The Hall–Kier alpha value is -1.86. The highest BCUT2D eigenvalue weighted by atomic mass is 19.1. The van der Waals surface area contributed by atoms with Crippen molar-refractivity contribution in [3.05, 3.63) is 29.3 Å². The molecular weight excluding hydrogens is 255 g/mol. The normalized spacial score (nSPS) is 13.7. The zero-order valence-electron chi connectivity index (χ0n) is 10.3. The number of aliphatic hydroxyl groups is 2. The first-order valence-electron chi connectivity index (χ1n) is 5.67. The van der Waals surface area contributed by atoms with E-state index in [9.17, 15) is 24.2 Å². The van der Waals surface area contributed by atoms with Crippen molar-refractivity contribution in [1.82, 2.24) is 10.3 Å². The number of carbonyl (C=O) groups is 2. The molecule has 0 radical (unpaired) electrons. The first kappa shape index (κ1) is 15.2. The van der Waals surface area contributed by atoms with Gasteiger partial charge in [-0.05, 0) is 18.1 Å². The van der Waals surface area contributed by atoms with Crippen LogP contribution in [0, 0.1) is 5.95 Å². The number of halogens is 1. The Morgan fingerprint density at radius 3 is 2.84 bits per heavy atom. The summed E-state index contributed by atoms with van der Waals surface area (Å²) in [5.74, 6) is -1.26. The molecule has 0 aliphatic heterocycles. The molecular formula is C12H15FN2O4. The van der Waals surface area contributed by atoms with Crippen molar-refractivity contribution < 1.29 is 24.2 Å². The van der Waals surface area contributed by atoms with Crippen LogP contribution in [0.1, 0.15) is 35.4 Å². The summed E-state index contributed by atoms with van der Waals surface area (Å²) in [6.45, 7) is 1.49. The summed E-state index contributed by atoms with van der Waals surface area (Å²) in [5, 5.41) is 22.1. The lowest BCUT2D eigenvalue weighted by atomic mass is 9.99. The average Bonchev–Trinajstić information content (AvgIpc) is 2.37. The van der Waals surface area contributed by atoms with Gasteiger partial charge in [0.1, 0.15) is 6.10 Å². The number of carbonyl (C=O) groups excluding carboxylic acids is 2. The highest BCUT2D eigenvalue weighted by Gasteiger charge is 2.23. The van der Waals surface area contributed by atoms with Gasteiger partial charge in [-0.1, -0.05) is 0 Å². The van der Waals surface area contributed by atoms with Gasteiger partial charge >= 0.3 is 0 Å². The molecule has 0 aliphatic rings. The van der Waals surface area contributed by atoms with E-state index in [1.807, 2.05) is 0 Å². The van der Waals surface area contributed by atoms with Crippen LogP contribution in [0.25, 0.3) is 0 Å². The predicted octanol–water partition coefficient (Wildman–Crippen LogP) is -0.0463. The number of aldehydes is 1. The minimum absolute atomic E-state index is 0.0298. The highest BCUT2D eigenvalue weighted by Crippen LogP contribution is 2.22. The summed E-state index contributed by atoms with van der Waals surface area (Å²) >= 11 is 0. The van der Waals surface area contributed by atoms with E-state index in [-0.39, 0.29) is 36.3 Å². The molecule has 1 amide bonds. The summed E-state index contributed by atoms with van der Waals surface area (Å²) in [7, 11) is 0. The summed E-state index contributed by atoms with van der Waals surface area (Å²) in [6, 6.07) is 1.26. The molecule has 1 aromatic heterocycles. The van der Waals surface area contributed by atoms with Crippen LogP contribution in [0.5, 0.6) is 0 Å². The van der Waals surface area contributed by atoms with E-state index in [1.54, 1.807) is 0 Å². The van der Waals surface area contributed by atoms with Gasteiger partial charge in [0.25, 0.3) is 0 Å². The molecule has 3 N–H and O–H groups in total. The zero-order chi connectivity index (χ0) is 14.4. The highest BCUT2D eigenvalue weighted by molar-refractivity contribution is 5.77. The molecule has 2 unspecified atom stereocenters. The van der Waals surface area contributed by atoms with E-state index in [1.165, 1.54) is 13.0 Å². The number of aliphatic hydroxyl groups excluding tert-OH is 2. The quantitative estimate of drug-likeness (QED) is 0.497. The number of rotatable bonds is 6. The maximum Gasteiger partial charge on any atom is 0.223 e. The SMILES string of the molecule is CC(=O)NCCC(O)C(O)c1ccnc(F)c1C=O. The van der Waals surface area contributed by atoms with Crippen LogP contribution in [0.15, 0.2) is 12.3 Å². The standard InChI is InChI=1S/C12H15FN2O4/c1-7(17)14-5-3-10(18)11(19)8-2-4-15-12(13)9(8)6-16/h2,4,6,10-11,18-19H,3,5H2,1H3,(H,14,17). The number of hydrogen-bond acceptors (Lipinski definition) is 5. The van der Waals surface area contributed by atoms with Gasteiger partial charge in [-0.3, -0.25) is 9.59 Å². The van der Waals surface area contributed by atoms with Gasteiger partial charge in [0.05, 0.1) is 11.7 Å². The van der Waals surface area contributed by atoms with Crippen molar-refractivity contribution in [2.75, 3.05) is 6.54 Å². The molecule has 0 saturated carbocycles. The van der Waals surface area contributed by atoms with E-state index >= 15 is 0 Å². The number of nitrogens with one attached hydrogen (secondary N) is 1. The Balaban J connectivity index is 2.76. The number of hydrogen-bond donors (Lipinski definition) is 3. The fourth-order valence-electron chi connectivity index (χ4n) is 1.60. The van der Waals surface area contributed by atoms with Crippen molar-refractivity contribution in [3.8, 4) is 0 Å². The van der Waals surface area contributed by atoms with Crippen LogP contribution in [0.4, 0.5) is 4.39 Å². The molecule has 2 atom stereocenters. The van der Waals surface area contributed by atoms with Crippen LogP contribution < -0.4 is 5.32 Å². The van der Waals surface area contributed by atoms with Crippen molar-refractivity contribution in [2.24, 2.45) is 0 Å². The average molecular weight is 270 g/mol. The second-order valence-electron chi connectivity index (χ2n) is 4.01. The Morgan fingerprint density at radius 2 is 2.26 bits per heavy atom. The van der Waals surface area contributed by atoms with E-state index in [2.05, 4.69) is 10.3 Å². The third kappa shape index (κ3) is 4.08. The molecule has 1 aromatic rings. The first-order valence-corrected chi connectivity index (χ1v) is 5.67. The molecule has 0 bridgehead atoms. The Bertz CT molecular complexity index is 467. The first-order chi connectivity index (χ1) is 8.97. The van der Waals surface area contributed by atoms with E-state index in [0.29, 0.717) is 0 Å². The fourth-order valence-corrected chi connectivity index (χ4v) is 1.60. The predicted molar refractivity (Wildman–Crippen MR) is 63.8 cm³/mol. The summed E-state index contributed by atoms with van der Waals surface area (Å²) in [5.41, 5.74) is -0.411. The molecule has 0 spiro atoms. The van der Waals surface area contributed by atoms with Gasteiger partial charge in [0, 0.05) is 19.7 Å². The van der Waals surface area contributed by atoms with Gasteiger partial charge < -0.3 is 15.5 Å². The fraction of sp³-hybridized carbons (Fsp3) is 0.417. The largest absolute Gasteiger partial charge is 0.390 e. The van der Waals surface area contributed by atoms with Crippen molar-refractivity contribution in [1.29, 1.82) is 0 Å². The van der Waals surface area contributed by atoms with Crippen LogP contribution >= 0.6 is 0 Å². The van der Waals surface area contributed by atoms with Crippen molar-refractivity contribution >= 4 is 12.2 Å². The van der Waals surface area contributed by atoms with Gasteiger partial charge in [-0.15, -0.1) is 0 Å². The number of amides is 1. The van der Waals surface area contributed by atoms with Gasteiger partial charge in [0.2, 0.25) is 11.9 Å². The number of nitrogens with zero attached hydrogens (tertiary/aromatic N) is 1. The molecule has 0 aliphatic carbocycles. The third-order valence-electron chi connectivity index (χ3n) is 2.59. The zero-order valence-corrected chi connectivity index (χ0v) is 10.3. The second kappa shape index (κ2) is 6.91. The molecule has 104 valence electrons. The molecule has 1 heterocycles. The summed E-state index contributed by atoms with van der Waals surface area (Å²) in [6.07, 6.45) is -1.25. The van der Waals surface area contributed by atoms with E-state index in [4.69, 9.17) is 0 Å². The molecule has 6 nitrogen and oxygen atoms in total. The van der Waals surface area contributed by atoms with Gasteiger partial charge in [0.15, 0.2) is 6.29 Å². The monoisotopic (exact) mass is 270 g/mol. The topological polar surface area (TPSA) is 99.5 Å². The Morgan fingerprint density at radius 1 is 1.58 bits per heavy atom. The maximum absolute atomic E-state index is 13.2. The molecule has 0 saturated heterocycles. The van der Waals surface area contributed by atoms with Crippen molar-refractivity contribution in [2.45, 2.75) is 25.6 Å². The van der Waals surface area contributed by atoms with E-state index in [0.717, 1.165) is 6.20 Å². The van der Waals surface area contributed by atoms with Crippen LogP contribution in [-0.2, 0) is 4.79 Å². The third-order valence-corrected chi connectivity index (χ3v) is 2.59. The van der Waals surface area contributed by atoms with Gasteiger partial charge in [-0.2, -0.15) is 4.39 Å². The number of aromatic nitrogens is 1. The molecule has 0 fully saturated rings. The van der Waals surface area contributed by atoms with Crippen LogP contribution in [-0.4, -0.2) is 40.0 Å². The van der Waals surface area contributed by atoms with Gasteiger partial charge in [-0.25, -0.2) is 4.98 Å². The number of pyridine rings is 1. The molecule has 0 aromatic carbocycles. The summed E-state index contributed by atoms with van der Waals surface area (Å²) < 4.78 is 13.2. The molecule has 7 heteroatoms. The Labute approximate surface area is 109 Å². The lowest BCUT2D eigenvalue weighted by Crippen LogP contribution is -2.28. The summed E-state index contributed by atoms with van der Waals surface area (Å²) in [4.78, 5) is 24.7. The van der Waals surface area contributed by atoms with Crippen molar-refractivity contribution in [3.63, 3.8) is 0 Å². The second-order valence-corrected chi connectivity index (χ2v) is 4.01. The van der Waals surface area contributed by atoms with Crippen LogP contribution in [0.3, 0.4) is 0 Å². The minimum Gasteiger partial charge on any atom is -0.390 e. The minimum atomic E-state index is -1.42. The van der Waals surface area contributed by atoms with Crippen LogP contribution in [0.2, 0.25) is 0 Å².